The summed E-state index contributed by atoms with van der Waals surface area (Å²) in [6.07, 6.45) is -4.56. The minimum Gasteiger partial charge on any atom is -0.395 e. The van der Waals surface area contributed by atoms with Crippen LogP contribution in [0.5, 0.6) is 0 Å². The number of amides is 2. The summed E-state index contributed by atoms with van der Waals surface area (Å²) >= 11 is 0. The normalized spacial score (nSPS) is 11.3. The molecule has 0 fully saturated rings. The topological polar surface area (TPSA) is 61.8 Å². The second-order valence-corrected chi connectivity index (χ2v) is 4.18. The van der Waals surface area contributed by atoms with Crippen molar-refractivity contribution in [1.29, 1.82) is 0 Å². The Hall–Kier alpha value is -1.80. The Balaban J connectivity index is 2.86. The number of carbonyl (C=O) groups is 1. The summed E-state index contributed by atoms with van der Waals surface area (Å²) in [5, 5.41) is 11.1. The van der Waals surface area contributed by atoms with E-state index >= 15 is 0 Å². The Morgan fingerprint density at radius 2 is 2.00 bits per heavy atom. The van der Waals surface area contributed by atoms with Crippen LogP contribution in [0, 0.1) is 0 Å². The molecule has 1 rings (SSSR count). The molecule has 0 bridgehead atoms. The first kappa shape index (κ1) is 17.3. The van der Waals surface area contributed by atoms with Crippen LogP contribution in [0.1, 0.15) is 5.56 Å². The highest BCUT2D eigenvalue weighted by Gasteiger charge is 2.33. The number of alkyl halides is 3. The Bertz CT molecular complexity index is 466. The molecule has 8 heteroatoms. The van der Waals surface area contributed by atoms with Crippen molar-refractivity contribution in [2.24, 2.45) is 0 Å². The summed E-state index contributed by atoms with van der Waals surface area (Å²) in [5.74, 6) is 0. The lowest BCUT2D eigenvalue weighted by atomic mass is 10.1. The lowest BCUT2D eigenvalue weighted by molar-refractivity contribution is -0.136. The van der Waals surface area contributed by atoms with Gasteiger partial charge in [-0.3, -0.25) is 0 Å². The minimum absolute atomic E-state index is 0.00335. The van der Waals surface area contributed by atoms with Gasteiger partial charge in [0.05, 0.1) is 24.5 Å². The lowest BCUT2D eigenvalue weighted by Crippen LogP contribution is -2.39. The molecule has 0 aliphatic heterocycles. The molecule has 2 N–H and O–H groups in total. The van der Waals surface area contributed by atoms with E-state index in [2.05, 4.69) is 5.32 Å². The summed E-state index contributed by atoms with van der Waals surface area (Å²) < 4.78 is 43.3. The van der Waals surface area contributed by atoms with E-state index in [4.69, 9.17) is 9.84 Å². The summed E-state index contributed by atoms with van der Waals surface area (Å²) in [4.78, 5) is 13.1. The fraction of sp³-hybridized carbons (Fsp3) is 0.462. The number of hydrogen-bond donors (Lipinski definition) is 2. The molecule has 118 valence electrons. The number of rotatable bonds is 6. The Morgan fingerprint density at radius 1 is 1.33 bits per heavy atom. The molecule has 1 aromatic rings. The maximum absolute atomic E-state index is 12.8. The third kappa shape index (κ3) is 5.24. The van der Waals surface area contributed by atoms with Gasteiger partial charge in [0.15, 0.2) is 0 Å². The van der Waals surface area contributed by atoms with Crippen molar-refractivity contribution < 1.29 is 27.8 Å². The summed E-state index contributed by atoms with van der Waals surface area (Å²) in [6.45, 7) is 0.0901. The summed E-state index contributed by atoms with van der Waals surface area (Å²) in [6, 6.07) is 3.98. The van der Waals surface area contributed by atoms with Gasteiger partial charge in [-0.25, -0.2) is 4.79 Å². The molecule has 0 spiro atoms. The van der Waals surface area contributed by atoms with Crippen molar-refractivity contribution in [1.82, 2.24) is 4.90 Å². The average Bonchev–Trinajstić information content (AvgIpc) is 2.42. The van der Waals surface area contributed by atoms with Gasteiger partial charge in [-0.1, -0.05) is 12.1 Å². The van der Waals surface area contributed by atoms with Gasteiger partial charge in [0.2, 0.25) is 0 Å². The van der Waals surface area contributed by atoms with Gasteiger partial charge < -0.3 is 20.1 Å². The first-order valence-electron chi connectivity index (χ1n) is 6.22. The fourth-order valence-corrected chi connectivity index (χ4v) is 1.67. The van der Waals surface area contributed by atoms with E-state index in [0.717, 1.165) is 6.07 Å². The van der Waals surface area contributed by atoms with Crippen molar-refractivity contribution in [3.05, 3.63) is 29.8 Å². The summed E-state index contributed by atoms with van der Waals surface area (Å²) in [7, 11) is 1.44. The van der Waals surface area contributed by atoms with Crippen LogP contribution < -0.4 is 5.32 Å². The molecule has 0 radical (unpaired) electrons. The molecule has 0 aliphatic rings. The van der Waals surface area contributed by atoms with Gasteiger partial charge in [-0.2, -0.15) is 13.2 Å². The zero-order chi connectivity index (χ0) is 15.9. The highest BCUT2D eigenvalue weighted by molar-refractivity contribution is 5.90. The third-order valence-corrected chi connectivity index (χ3v) is 2.70. The minimum atomic E-state index is -4.56. The second kappa shape index (κ2) is 7.84. The molecular formula is C13H17F3N2O3. The second-order valence-electron chi connectivity index (χ2n) is 4.18. The predicted octanol–water partition coefficient (Wildman–Crippen LogP) is 2.18. The highest BCUT2D eigenvalue weighted by atomic mass is 19.4. The quantitative estimate of drug-likeness (QED) is 0.847. The van der Waals surface area contributed by atoms with Crippen molar-refractivity contribution in [3.8, 4) is 0 Å². The number of ether oxygens (including phenoxy) is 1. The molecule has 0 saturated carbocycles. The molecule has 0 atom stereocenters. The van der Waals surface area contributed by atoms with Gasteiger partial charge in [-0.05, 0) is 12.1 Å². The SMILES string of the molecule is COCCN(CCO)C(=O)Nc1ccccc1C(F)(F)F. The van der Waals surface area contributed by atoms with Crippen molar-refractivity contribution in [3.63, 3.8) is 0 Å². The largest absolute Gasteiger partial charge is 0.418 e. The molecule has 21 heavy (non-hydrogen) atoms. The predicted molar refractivity (Wildman–Crippen MR) is 71.0 cm³/mol. The van der Waals surface area contributed by atoms with Crippen LogP contribution in [0.4, 0.5) is 23.7 Å². The van der Waals surface area contributed by atoms with Gasteiger partial charge in [0.1, 0.15) is 0 Å². The van der Waals surface area contributed by atoms with Crippen molar-refractivity contribution in [2.45, 2.75) is 6.18 Å². The van der Waals surface area contributed by atoms with E-state index in [1.165, 1.54) is 30.2 Å². The van der Waals surface area contributed by atoms with E-state index in [9.17, 15) is 18.0 Å². The number of halogens is 3. The number of benzene rings is 1. The lowest BCUT2D eigenvalue weighted by Gasteiger charge is -2.23. The number of carbonyl (C=O) groups excluding carboxylic acids is 1. The molecule has 0 saturated heterocycles. The molecular weight excluding hydrogens is 289 g/mol. The Labute approximate surface area is 120 Å². The van der Waals surface area contributed by atoms with Gasteiger partial charge in [0.25, 0.3) is 0 Å². The van der Waals surface area contributed by atoms with Crippen LogP contribution in [0.2, 0.25) is 0 Å². The zero-order valence-corrected chi connectivity index (χ0v) is 11.5. The number of anilines is 1. The first-order valence-corrected chi connectivity index (χ1v) is 6.22. The number of nitrogens with one attached hydrogen (secondary N) is 1. The van der Waals surface area contributed by atoms with E-state index in [1.54, 1.807) is 0 Å². The first-order chi connectivity index (χ1) is 9.90. The standard InChI is InChI=1S/C13H17F3N2O3/c1-21-9-7-18(6-8-19)12(20)17-11-5-3-2-4-10(11)13(14,15)16/h2-5,19H,6-9H2,1H3,(H,17,20). The number of urea groups is 1. The van der Waals surface area contributed by atoms with Crippen LogP contribution in [-0.2, 0) is 10.9 Å². The molecule has 5 nitrogen and oxygen atoms in total. The molecule has 1 aromatic carbocycles. The van der Waals surface area contributed by atoms with Crippen molar-refractivity contribution >= 4 is 11.7 Å². The van der Waals surface area contributed by atoms with Crippen LogP contribution >= 0.6 is 0 Å². The highest BCUT2D eigenvalue weighted by Crippen LogP contribution is 2.34. The van der Waals surface area contributed by atoms with E-state index in [-0.39, 0.29) is 32.0 Å². The number of aliphatic hydroxyl groups excluding tert-OH is 1. The van der Waals surface area contributed by atoms with Crippen LogP contribution in [0.25, 0.3) is 0 Å². The van der Waals surface area contributed by atoms with E-state index in [1.807, 2.05) is 0 Å². The number of methoxy groups -OCH3 is 1. The van der Waals surface area contributed by atoms with Gasteiger partial charge in [0, 0.05) is 20.2 Å². The number of aliphatic hydroxyl groups is 1. The molecule has 2 amide bonds. The monoisotopic (exact) mass is 306 g/mol. The third-order valence-electron chi connectivity index (χ3n) is 2.70. The van der Waals surface area contributed by atoms with Gasteiger partial charge in [-0.15, -0.1) is 0 Å². The number of nitrogens with zero attached hydrogens (tertiary/aromatic N) is 1. The summed E-state index contributed by atoms with van der Waals surface area (Å²) in [5.41, 5.74) is -1.25. The maximum atomic E-state index is 12.8. The smallest absolute Gasteiger partial charge is 0.395 e. The van der Waals surface area contributed by atoms with Crippen LogP contribution in [-0.4, -0.2) is 49.5 Å². The van der Waals surface area contributed by atoms with Crippen molar-refractivity contribution in [2.75, 3.05) is 38.7 Å². The van der Waals surface area contributed by atoms with E-state index in [0.29, 0.717) is 0 Å². The molecule has 0 aromatic heterocycles. The average molecular weight is 306 g/mol. The Morgan fingerprint density at radius 3 is 2.57 bits per heavy atom. The van der Waals surface area contributed by atoms with Gasteiger partial charge >= 0.3 is 12.2 Å². The fourth-order valence-electron chi connectivity index (χ4n) is 1.67. The zero-order valence-electron chi connectivity index (χ0n) is 11.5. The number of hydrogen-bond acceptors (Lipinski definition) is 3. The van der Waals surface area contributed by atoms with Crippen LogP contribution in [0.15, 0.2) is 24.3 Å². The maximum Gasteiger partial charge on any atom is 0.418 e. The molecule has 0 aliphatic carbocycles. The molecule has 0 unspecified atom stereocenters. The Kier molecular flexibility index (Phi) is 6.44. The van der Waals surface area contributed by atoms with Crippen LogP contribution in [0.3, 0.4) is 0 Å². The van der Waals surface area contributed by atoms with E-state index < -0.39 is 17.8 Å². The number of para-hydroxylation sites is 1. The molecule has 0 heterocycles.